The molecule has 5 rings (SSSR count). The van der Waals surface area contributed by atoms with Gasteiger partial charge in [-0.05, 0) is 30.8 Å². The second-order valence-corrected chi connectivity index (χ2v) is 25.6. The van der Waals surface area contributed by atoms with E-state index in [9.17, 15) is 8.42 Å². The predicted molar refractivity (Wildman–Crippen MR) is 215 cm³/mol. The number of hydrogen-bond acceptors (Lipinski definition) is 8. The van der Waals surface area contributed by atoms with Crippen molar-refractivity contribution in [3.05, 3.63) is 121 Å². The van der Waals surface area contributed by atoms with Crippen LogP contribution >= 0.6 is 0 Å². The maximum atomic E-state index is 13.0. The first-order valence-corrected chi connectivity index (χ1v) is 23.1. The van der Waals surface area contributed by atoms with Gasteiger partial charge in [-0.25, -0.2) is 0 Å². The Kier molecular flexibility index (Phi) is 11.9. The highest BCUT2D eigenvalue weighted by Gasteiger charge is 2.63. The zero-order chi connectivity index (χ0) is 37.8. The third kappa shape index (κ3) is 7.79. The van der Waals surface area contributed by atoms with Crippen molar-refractivity contribution in [2.75, 3.05) is 19.5 Å². The molecule has 0 aromatic heterocycles. The van der Waals surface area contributed by atoms with Crippen molar-refractivity contribution in [1.29, 1.82) is 0 Å². The number of oxime groups is 1. The van der Waals surface area contributed by atoms with Crippen molar-refractivity contribution in [1.82, 2.24) is 0 Å². The van der Waals surface area contributed by atoms with E-state index in [-0.39, 0.29) is 18.3 Å². The van der Waals surface area contributed by atoms with Crippen LogP contribution in [-0.2, 0) is 32.7 Å². The van der Waals surface area contributed by atoms with Crippen molar-refractivity contribution in [3.63, 3.8) is 0 Å². The van der Waals surface area contributed by atoms with Gasteiger partial charge in [0.2, 0.25) is 0 Å². The summed E-state index contributed by atoms with van der Waals surface area (Å²) in [6.45, 7) is 16.3. The first-order chi connectivity index (χ1) is 24.5. The van der Waals surface area contributed by atoms with Crippen molar-refractivity contribution in [2.24, 2.45) is 5.16 Å². The molecule has 0 amide bonds. The van der Waals surface area contributed by atoms with Crippen LogP contribution in [0.3, 0.4) is 0 Å². The molecule has 0 saturated carbocycles. The molecule has 4 aromatic rings. The Morgan fingerprint density at radius 1 is 0.712 bits per heavy atom. The molecule has 274 valence electrons. The largest absolute Gasteiger partial charge is 0.404 e. The van der Waals surface area contributed by atoms with E-state index < -0.39 is 55.6 Å². The van der Waals surface area contributed by atoms with E-state index in [0.29, 0.717) is 0 Å². The van der Waals surface area contributed by atoms with E-state index in [2.05, 4.69) is 102 Å². The molecular formula is C40H50BNO7SSi2. The Morgan fingerprint density at radius 2 is 1.10 bits per heavy atom. The van der Waals surface area contributed by atoms with Crippen LogP contribution in [-0.4, -0.2) is 82.9 Å². The summed E-state index contributed by atoms with van der Waals surface area (Å²) >= 11 is 0. The average Bonchev–Trinajstić information content (AvgIpc) is 3.35. The first kappa shape index (κ1) is 39.8. The molecule has 4 atom stereocenters. The highest BCUT2D eigenvalue weighted by atomic mass is 32.2. The van der Waals surface area contributed by atoms with Gasteiger partial charge < -0.3 is 18.4 Å². The summed E-state index contributed by atoms with van der Waals surface area (Å²) in [5.74, 6) is 0. The van der Waals surface area contributed by atoms with Crippen LogP contribution < -0.4 is 20.7 Å². The van der Waals surface area contributed by atoms with Gasteiger partial charge in [0.05, 0.1) is 12.9 Å². The van der Waals surface area contributed by atoms with Crippen LogP contribution in [0.2, 0.25) is 10.1 Å². The molecule has 1 aliphatic rings. The molecule has 0 spiro atoms. The van der Waals surface area contributed by atoms with Gasteiger partial charge in [-0.1, -0.05) is 163 Å². The second-order valence-electron chi connectivity index (χ2n) is 15.5. The molecule has 1 aliphatic heterocycles. The Hall–Kier alpha value is -3.36. The number of benzene rings is 4. The predicted octanol–water partition coefficient (Wildman–Crippen LogP) is 4.75. The Morgan fingerprint density at radius 3 is 1.44 bits per heavy atom. The van der Waals surface area contributed by atoms with Gasteiger partial charge in [0.1, 0.15) is 20.1 Å². The van der Waals surface area contributed by atoms with Crippen LogP contribution in [0.5, 0.6) is 0 Å². The Bertz CT molecular complexity index is 1800. The molecule has 1 heterocycles. The maximum Gasteiger partial charge on any atom is 0.264 e. The van der Waals surface area contributed by atoms with E-state index in [1.807, 2.05) is 72.8 Å². The minimum atomic E-state index is -4.05. The van der Waals surface area contributed by atoms with E-state index >= 15 is 0 Å². The minimum Gasteiger partial charge on any atom is -0.404 e. The number of nitrogens with zero attached hydrogens (tertiary/aromatic N) is 1. The van der Waals surface area contributed by atoms with Crippen LogP contribution in [0.4, 0.5) is 0 Å². The maximum absolute atomic E-state index is 13.0. The lowest BCUT2D eigenvalue weighted by atomic mass is 9.90. The highest BCUT2D eigenvalue weighted by molar-refractivity contribution is 7.86. The fourth-order valence-electron chi connectivity index (χ4n) is 7.66. The van der Waals surface area contributed by atoms with Crippen LogP contribution in [0.25, 0.3) is 0 Å². The highest BCUT2D eigenvalue weighted by Crippen LogP contribution is 2.45. The van der Waals surface area contributed by atoms with E-state index in [4.69, 9.17) is 30.5 Å². The van der Waals surface area contributed by atoms with Crippen molar-refractivity contribution < 1.29 is 31.0 Å². The van der Waals surface area contributed by atoms with E-state index in [1.54, 1.807) is 0 Å². The van der Waals surface area contributed by atoms with Crippen LogP contribution in [0.1, 0.15) is 41.5 Å². The lowest BCUT2D eigenvalue weighted by Crippen LogP contribution is -2.72. The zero-order valence-corrected chi connectivity index (χ0v) is 34.0. The molecule has 4 aromatic carbocycles. The van der Waals surface area contributed by atoms with Crippen molar-refractivity contribution >= 4 is 62.1 Å². The van der Waals surface area contributed by atoms with Gasteiger partial charge >= 0.3 is 0 Å². The summed E-state index contributed by atoms with van der Waals surface area (Å²) in [5.41, 5.74) is -1.50. The normalized spacial score (nSPS) is 21.5. The molecule has 2 radical (unpaired) electrons. The van der Waals surface area contributed by atoms with Gasteiger partial charge in [-0.2, -0.15) is 8.42 Å². The molecular weight excluding hydrogens is 705 g/mol. The minimum absolute atomic E-state index is 0.0873. The smallest absolute Gasteiger partial charge is 0.264 e. The summed E-state index contributed by atoms with van der Waals surface area (Å²) in [4.78, 5) is 5.75. The fraction of sp³-hybridized carbons (Fsp3) is 0.375. The number of hydrogen-bond donors (Lipinski definition) is 0. The Balaban J connectivity index is 1.77. The molecule has 8 nitrogen and oxygen atoms in total. The van der Waals surface area contributed by atoms with Crippen LogP contribution in [0.15, 0.2) is 126 Å². The van der Waals surface area contributed by atoms with Gasteiger partial charge in [-0.15, -0.1) is 5.16 Å². The lowest BCUT2D eigenvalue weighted by Gasteiger charge is -2.49. The second kappa shape index (κ2) is 15.5. The molecule has 52 heavy (non-hydrogen) atoms. The molecule has 0 unspecified atom stereocenters. The van der Waals surface area contributed by atoms with Gasteiger partial charge in [0.15, 0.2) is 12.2 Å². The lowest BCUT2D eigenvalue weighted by molar-refractivity contribution is -0.131. The molecule has 0 aliphatic carbocycles. The van der Waals surface area contributed by atoms with Crippen LogP contribution in [0, 0.1) is 0 Å². The van der Waals surface area contributed by atoms with Gasteiger partial charge in [-0.3, -0.25) is 4.18 Å². The van der Waals surface area contributed by atoms with E-state index in [0.717, 1.165) is 27.0 Å². The molecule has 1 saturated heterocycles. The molecule has 1 fully saturated rings. The summed E-state index contributed by atoms with van der Waals surface area (Å²) in [5, 5.41) is 6.97. The SMILES string of the molecule is [B][C@@H]1O[C@](CON=C)(CO[Si](c2ccccc2)(c2ccccc2)C(C)(C)C)[C@@H](O[Si](c2ccccc2)(c2ccccc2)C(C)(C)C)[C@@H]1OS(C)(=O)=O. The molecule has 0 bridgehead atoms. The third-order valence-corrected chi connectivity index (χ3v) is 20.4. The summed E-state index contributed by atoms with van der Waals surface area (Å²) < 4.78 is 53.6. The molecule has 12 heteroatoms. The van der Waals surface area contributed by atoms with Crippen molar-refractivity contribution in [2.45, 2.75) is 75.4 Å². The van der Waals surface area contributed by atoms with Gasteiger partial charge in [0, 0.05) is 12.7 Å². The topological polar surface area (TPSA) is 92.7 Å². The van der Waals surface area contributed by atoms with E-state index in [1.165, 1.54) is 0 Å². The van der Waals surface area contributed by atoms with Crippen molar-refractivity contribution in [3.8, 4) is 0 Å². The third-order valence-electron chi connectivity index (χ3n) is 9.87. The van der Waals surface area contributed by atoms with Gasteiger partial charge in [0.25, 0.3) is 26.8 Å². The number of rotatable bonds is 14. The monoisotopic (exact) mass is 755 g/mol. The summed E-state index contributed by atoms with van der Waals surface area (Å²) in [7, 11) is -3.85. The Labute approximate surface area is 313 Å². The number of ether oxygens (including phenoxy) is 1. The standard InChI is InChI=1S/C40H50BNO7SSi2/c1-38(2,3)51(31-21-13-9-14-22-31,32-23-15-10-16-24-32)46-30-40(29-45-42-7)36(35(37(41)47-40)48-50(8,43)44)49-52(39(4,5)6,33-25-17-11-18-26-33)34-27-19-12-20-28-34/h9-28,35-37H,7,29-30H2,1-6,8H3/t35-,36-,37+,40+/m0/s1. The summed E-state index contributed by atoms with van der Waals surface area (Å²) in [6, 6.07) is 39.4. The quantitative estimate of drug-likeness (QED) is 0.0795. The zero-order valence-electron chi connectivity index (χ0n) is 31.2. The first-order valence-electron chi connectivity index (χ1n) is 17.4. The average molecular weight is 756 g/mol. The summed E-state index contributed by atoms with van der Waals surface area (Å²) in [6.07, 6.45) is -1.36. The molecule has 0 N–H and O–H groups in total. The fourth-order valence-corrected chi connectivity index (χ4v) is 17.6.